The van der Waals surface area contributed by atoms with Gasteiger partial charge in [0.25, 0.3) is 0 Å². The molecule has 1 aliphatic rings. The maximum Gasteiger partial charge on any atom is 0.246 e. The van der Waals surface area contributed by atoms with Gasteiger partial charge in [0.2, 0.25) is 5.91 Å². The van der Waals surface area contributed by atoms with Crippen LogP contribution in [0.3, 0.4) is 0 Å². The Labute approximate surface area is 98.1 Å². The van der Waals surface area contributed by atoms with Gasteiger partial charge in [0.05, 0.1) is 6.61 Å². The molecule has 94 valence electrons. The summed E-state index contributed by atoms with van der Waals surface area (Å²) in [6.45, 7) is 8.89. The normalized spacial score (nSPS) is 21.8. The summed E-state index contributed by atoms with van der Waals surface area (Å²) in [6, 6.07) is 0. The van der Waals surface area contributed by atoms with Crippen molar-refractivity contribution in [2.45, 2.75) is 39.2 Å². The Bertz CT molecular complexity index is 218. The van der Waals surface area contributed by atoms with Crippen LogP contribution in [0.25, 0.3) is 0 Å². The molecule has 0 spiro atoms. The van der Waals surface area contributed by atoms with Gasteiger partial charge in [-0.3, -0.25) is 4.79 Å². The SMILES string of the molecule is CC(C)(C)NC(=O)COCC1CCCNC1. The largest absolute Gasteiger partial charge is 0.371 e. The molecule has 1 unspecified atom stereocenters. The molecule has 1 heterocycles. The van der Waals surface area contributed by atoms with Crippen LogP contribution in [0.4, 0.5) is 0 Å². The predicted octanol–water partition coefficient (Wildman–Crippen LogP) is 0.917. The van der Waals surface area contributed by atoms with Gasteiger partial charge in [-0.05, 0) is 46.1 Å². The Morgan fingerprint density at radius 3 is 2.81 bits per heavy atom. The highest BCUT2D eigenvalue weighted by atomic mass is 16.5. The molecule has 0 bridgehead atoms. The van der Waals surface area contributed by atoms with Crippen LogP contribution in [0.15, 0.2) is 0 Å². The average Bonchev–Trinajstić information content (AvgIpc) is 2.16. The second kappa shape index (κ2) is 6.21. The summed E-state index contributed by atoms with van der Waals surface area (Å²) in [5.41, 5.74) is -0.174. The standard InChI is InChI=1S/C12H24N2O2/c1-12(2,3)14-11(15)9-16-8-10-5-4-6-13-7-10/h10,13H,4-9H2,1-3H3,(H,14,15). The highest BCUT2D eigenvalue weighted by Gasteiger charge is 2.16. The molecular weight excluding hydrogens is 204 g/mol. The molecule has 4 heteroatoms. The molecule has 1 atom stereocenters. The first-order chi connectivity index (χ1) is 7.47. The monoisotopic (exact) mass is 228 g/mol. The molecule has 4 nitrogen and oxygen atoms in total. The molecule has 0 aromatic carbocycles. The van der Waals surface area contributed by atoms with Crippen molar-refractivity contribution in [3.05, 3.63) is 0 Å². The molecule has 1 fully saturated rings. The highest BCUT2D eigenvalue weighted by Crippen LogP contribution is 2.09. The van der Waals surface area contributed by atoms with Crippen LogP contribution in [0, 0.1) is 5.92 Å². The lowest BCUT2D eigenvalue weighted by Gasteiger charge is -2.23. The summed E-state index contributed by atoms with van der Waals surface area (Å²) in [5, 5.41) is 6.21. The Morgan fingerprint density at radius 1 is 1.50 bits per heavy atom. The first kappa shape index (κ1) is 13.5. The van der Waals surface area contributed by atoms with Crippen molar-refractivity contribution in [3.63, 3.8) is 0 Å². The van der Waals surface area contributed by atoms with E-state index in [0.29, 0.717) is 12.5 Å². The number of carbonyl (C=O) groups excluding carboxylic acids is 1. The number of carbonyl (C=O) groups is 1. The van der Waals surface area contributed by atoms with E-state index in [0.717, 1.165) is 13.1 Å². The van der Waals surface area contributed by atoms with Gasteiger partial charge in [0.1, 0.15) is 6.61 Å². The van der Waals surface area contributed by atoms with E-state index >= 15 is 0 Å². The Balaban J connectivity index is 2.08. The van der Waals surface area contributed by atoms with Gasteiger partial charge in [-0.1, -0.05) is 0 Å². The maximum atomic E-state index is 11.4. The van der Waals surface area contributed by atoms with Crippen molar-refractivity contribution in [1.82, 2.24) is 10.6 Å². The molecule has 2 N–H and O–H groups in total. The molecule has 0 radical (unpaired) electrons. The topological polar surface area (TPSA) is 50.4 Å². The molecule has 0 aromatic heterocycles. The van der Waals surface area contributed by atoms with Crippen molar-refractivity contribution in [2.75, 3.05) is 26.3 Å². The number of rotatable bonds is 4. The second-order valence-corrected chi connectivity index (χ2v) is 5.53. The van der Waals surface area contributed by atoms with Crippen LogP contribution in [-0.4, -0.2) is 37.7 Å². The van der Waals surface area contributed by atoms with Crippen molar-refractivity contribution in [3.8, 4) is 0 Å². The predicted molar refractivity (Wildman–Crippen MR) is 64.3 cm³/mol. The summed E-state index contributed by atoms with van der Waals surface area (Å²) >= 11 is 0. The van der Waals surface area contributed by atoms with Crippen molar-refractivity contribution in [1.29, 1.82) is 0 Å². The molecule has 16 heavy (non-hydrogen) atoms. The molecule has 1 saturated heterocycles. The zero-order valence-electron chi connectivity index (χ0n) is 10.6. The van der Waals surface area contributed by atoms with Gasteiger partial charge < -0.3 is 15.4 Å². The van der Waals surface area contributed by atoms with Gasteiger partial charge in [-0.25, -0.2) is 0 Å². The van der Waals surface area contributed by atoms with Crippen LogP contribution in [-0.2, 0) is 9.53 Å². The molecular formula is C12H24N2O2. The van der Waals surface area contributed by atoms with Crippen LogP contribution in [0.5, 0.6) is 0 Å². The van der Waals surface area contributed by atoms with Gasteiger partial charge in [-0.15, -0.1) is 0 Å². The van der Waals surface area contributed by atoms with Crippen LogP contribution in [0.1, 0.15) is 33.6 Å². The number of amides is 1. The molecule has 1 aliphatic heterocycles. The third-order valence-corrected chi connectivity index (χ3v) is 2.50. The van der Waals surface area contributed by atoms with E-state index in [4.69, 9.17) is 4.74 Å². The summed E-state index contributed by atoms with van der Waals surface area (Å²) in [4.78, 5) is 11.4. The van der Waals surface area contributed by atoms with E-state index in [1.807, 2.05) is 20.8 Å². The van der Waals surface area contributed by atoms with E-state index in [9.17, 15) is 4.79 Å². The molecule has 1 rings (SSSR count). The summed E-state index contributed by atoms with van der Waals surface area (Å²) in [6.07, 6.45) is 2.41. The fourth-order valence-electron chi connectivity index (χ4n) is 1.84. The lowest BCUT2D eigenvalue weighted by Crippen LogP contribution is -2.43. The van der Waals surface area contributed by atoms with Gasteiger partial charge in [0, 0.05) is 12.1 Å². The van der Waals surface area contributed by atoms with Gasteiger partial charge in [-0.2, -0.15) is 0 Å². The zero-order valence-corrected chi connectivity index (χ0v) is 10.6. The van der Waals surface area contributed by atoms with E-state index in [-0.39, 0.29) is 18.1 Å². The Hall–Kier alpha value is -0.610. The quantitative estimate of drug-likeness (QED) is 0.752. The van der Waals surface area contributed by atoms with Crippen LogP contribution in [0.2, 0.25) is 0 Å². The summed E-state index contributed by atoms with van der Waals surface area (Å²) in [5.74, 6) is 0.535. The first-order valence-electron chi connectivity index (χ1n) is 6.07. The second-order valence-electron chi connectivity index (χ2n) is 5.53. The van der Waals surface area contributed by atoms with E-state index in [1.165, 1.54) is 12.8 Å². The minimum atomic E-state index is -0.174. The zero-order chi connectivity index (χ0) is 12.0. The lowest BCUT2D eigenvalue weighted by atomic mass is 10.0. The molecule has 1 amide bonds. The van der Waals surface area contributed by atoms with Gasteiger partial charge >= 0.3 is 0 Å². The van der Waals surface area contributed by atoms with E-state index in [2.05, 4.69) is 10.6 Å². The van der Waals surface area contributed by atoms with Gasteiger partial charge in [0.15, 0.2) is 0 Å². The smallest absolute Gasteiger partial charge is 0.246 e. The minimum Gasteiger partial charge on any atom is -0.371 e. The Morgan fingerprint density at radius 2 is 2.25 bits per heavy atom. The summed E-state index contributed by atoms with van der Waals surface area (Å²) < 4.78 is 5.43. The third kappa shape index (κ3) is 6.08. The fourth-order valence-corrected chi connectivity index (χ4v) is 1.84. The molecule has 0 aromatic rings. The average molecular weight is 228 g/mol. The summed E-state index contributed by atoms with van der Waals surface area (Å²) in [7, 11) is 0. The number of nitrogens with one attached hydrogen (secondary N) is 2. The molecule has 0 aliphatic carbocycles. The Kier molecular flexibility index (Phi) is 5.22. The van der Waals surface area contributed by atoms with Crippen LogP contribution >= 0.6 is 0 Å². The van der Waals surface area contributed by atoms with Crippen molar-refractivity contribution in [2.24, 2.45) is 5.92 Å². The van der Waals surface area contributed by atoms with E-state index in [1.54, 1.807) is 0 Å². The molecule has 0 saturated carbocycles. The van der Waals surface area contributed by atoms with Crippen LogP contribution < -0.4 is 10.6 Å². The minimum absolute atomic E-state index is 0.0312. The van der Waals surface area contributed by atoms with Crippen molar-refractivity contribution < 1.29 is 9.53 Å². The fraction of sp³-hybridized carbons (Fsp3) is 0.917. The number of hydrogen-bond donors (Lipinski definition) is 2. The number of ether oxygens (including phenoxy) is 1. The maximum absolute atomic E-state index is 11.4. The number of piperidine rings is 1. The lowest BCUT2D eigenvalue weighted by molar-refractivity contribution is -0.127. The highest BCUT2D eigenvalue weighted by molar-refractivity contribution is 5.77. The first-order valence-corrected chi connectivity index (χ1v) is 6.07. The number of hydrogen-bond acceptors (Lipinski definition) is 3. The van der Waals surface area contributed by atoms with E-state index < -0.39 is 0 Å². The third-order valence-electron chi connectivity index (χ3n) is 2.50. The van der Waals surface area contributed by atoms with Crippen molar-refractivity contribution >= 4 is 5.91 Å².